The van der Waals surface area contributed by atoms with Crippen LogP contribution in [0, 0.1) is 0 Å². The van der Waals surface area contributed by atoms with Crippen LogP contribution in [0.5, 0.6) is 0 Å². The monoisotopic (exact) mass is 607 g/mol. The van der Waals surface area contributed by atoms with E-state index in [-0.39, 0.29) is 58.1 Å². The first-order chi connectivity index (χ1) is 19.7. The Kier molecular flexibility index (Phi) is 14.0. The number of carbonyl (C=O) groups excluding carboxylic acids is 1. The van der Waals surface area contributed by atoms with Crippen LogP contribution in [0.15, 0.2) is 24.3 Å². The van der Waals surface area contributed by atoms with E-state index in [0.717, 1.165) is 5.56 Å². The molecule has 0 saturated carbocycles. The smallest absolute Gasteiger partial charge is 0.319 e. The number of aliphatic carboxylic acids is 4. The molecule has 16 heteroatoms. The second-order valence-electron chi connectivity index (χ2n) is 10.3. The number of hydrogen-bond acceptors (Lipinski definition) is 10. The molecule has 1 aliphatic heterocycles. The summed E-state index contributed by atoms with van der Waals surface area (Å²) >= 11 is 0. The number of amides is 1. The van der Waals surface area contributed by atoms with E-state index in [1.54, 1.807) is 39.0 Å². The Morgan fingerprint density at radius 1 is 0.667 bits per heavy atom. The van der Waals surface area contributed by atoms with Gasteiger partial charge in [0.25, 0.3) is 0 Å². The van der Waals surface area contributed by atoms with Crippen molar-refractivity contribution in [2.75, 3.05) is 78.5 Å². The molecule has 1 fully saturated rings. The highest BCUT2D eigenvalue weighted by atomic mass is 28.1. The number of benzene rings is 1. The van der Waals surface area contributed by atoms with Gasteiger partial charge >= 0.3 is 23.9 Å². The summed E-state index contributed by atoms with van der Waals surface area (Å²) in [5.74, 6) is -4.54. The molecular formula is C26H39N6O9Si. The van der Waals surface area contributed by atoms with Crippen LogP contribution in [-0.4, -0.2) is 164 Å². The van der Waals surface area contributed by atoms with E-state index in [2.05, 4.69) is 15.6 Å². The normalized spacial score (nSPS) is 18.2. The zero-order valence-electron chi connectivity index (χ0n) is 23.4. The van der Waals surface area contributed by atoms with Crippen molar-refractivity contribution in [2.24, 2.45) is 5.73 Å². The lowest BCUT2D eigenvalue weighted by Crippen LogP contribution is -2.50. The third kappa shape index (κ3) is 13.5. The zero-order chi connectivity index (χ0) is 31.3. The average molecular weight is 608 g/mol. The number of carboxylic acids is 4. The molecule has 3 radical (unpaired) electrons. The van der Waals surface area contributed by atoms with E-state index in [1.807, 2.05) is 4.90 Å². The summed E-state index contributed by atoms with van der Waals surface area (Å²) in [4.78, 5) is 65.1. The number of carbonyl (C=O) groups is 5. The fourth-order valence-corrected chi connectivity index (χ4v) is 4.62. The molecule has 1 aromatic carbocycles. The lowest BCUT2D eigenvalue weighted by Gasteiger charge is -2.32. The number of carboxylic acid groups (broad SMARTS) is 4. The van der Waals surface area contributed by atoms with Crippen LogP contribution in [0.3, 0.4) is 0 Å². The predicted octanol–water partition coefficient (Wildman–Crippen LogP) is -2.77. The first kappa shape index (κ1) is 34.8. The second-order valence-corrected chi connectivity index (χ2v) is 11.2. The summed E-state index contributed by atoms with van der Waals surface area (Å²) in [5, 5.41) is 38.4. The van der Waals surface area contributed by atoms with Crippen LogP contribution in [0.4, 0.5) is 0 Å². The van der Waals surface area contributed by atoms with Crippen molar-refractivity contribution in [3.8, 4) is 0 Å². The van der Waals surface area contributed by atoms with Gasteiger partial charge in [0.2, 0.25) is 5.91 Å². The molecular weight excluding hydrogens is 568 g/mol. The van der Waals surface area contributed by atoms with Crippen LogP contribution in [0.1, 0.15) is 11.1 Å². The molecule has 1 atom stereocenters. The highest BCUT2D eigenvalue weighted by Gasteiger charge is 2.28. The Labute approximate surface area is 247 Å². The van der Waals surface area contributed by atoms with Crippen molar-refractivity contribution in [1.82, 2.24) is 24.9 Å². The van der Waals surface area contributed by atoms with E-state index < -0.39 is 29.0 Å². The van der Waals surface area contributed by atoms with Gasteiger partial charge in [-0.1, -0.05) is 24.3 Å². The van der Waals surface area contributed by atoms with Crippen molar-refractivity contribution < 1.29 is 44.4 Å². The fraction of sp³-hybridized carbons (Fsp3) is 0.577. The number of nitrogens with two attached hydrogens (primary N) is 1. The lowest BCUT2D eigenvalue weighted by molar-refractivity contribution is -0.140. The number of nitrogens with zero attached hydrogens (tertiary/aromatic N) is 4. The topological polar surface area (TPSA) is 217 Å². The maximum absolute atomic E-state index is 12.8. The van der Waals surface area contributed by atoms with Crippen molar-refractivity contribution in [3.63, 3.8) is 0 Å². The lowest BCUT2D eigenvalue weighted by atomic mass is 10.0. The van der Waals surface area contributed by atoms with Crippen molar-refractivity contribution >= 4 is 40.0 Å². The summed E-state index contributed by atoms with van der Waals surface area (Å²) in [6.07, 6.45) is 0.0657. The Morgan fingerprint density at radius 3 is 1.33 bits per heavy atom. The largest absolute Gasteiger partial charge is 0.480 e. The van der Waals surface area contributed by atoms with Gasteiger partial charge < -0.3 is 31.5 Å². The Balaban J connectivity index is 2.04. The molecule has 0 bridgehead atoms. The van der Waals surface area contributed by atoms with E-state index in [0.29, 0.717) is 44.8 Å². The molecule has 0 unspecified atom stereocenters. The summed E-state index contributed by atoms with van der Waals surface area (Å²) < 4.78 is 0. The number of hydrogen-bond donors (Lipinski definition) is 6. The minimum absolute atomic E-state index is 0.00268. The minimum atomic E-state index is -1.59. The SMILES string of the molecule is N[C@]([Si])(Cc1ccc(CNC(=O)CN2CCN(CC(=O)O)CCN(CC(=O)O)CCN(CC(=O)O)CC2)cc1)C(=O)O. The summed E-state index contributed by atoms with van der Waals surface area (Å²) in [7, 11) is 3.05. The van der Waals surface area contributed by atoms with Gasteiger partial charge in [0, 0.05) is 58.9 Å². The predicted molar refractivity (Wildman–Crippen MR) is 151 cm³/mol. The molecule has 15 nitrogen and oxygen atoms in total. The maximum Gasteiger partial charge on any atom is 0.319 e. The minimum Gasteiger partial charge on any atom is -0.480 e. The Hall–Kier alpha value is -3.41. The third-order valence-corrected chi connectivity index (χ3v) is 7.14. The van der Waals surface area contributed by atoms with E-state index in [1.165, 1.54) is 0 Å². The molecule has 231 valence electrons. The quantitative estimate of drug-likeness (QED) is 0.125. The zero-order valence-corrected chi connectivity index (χ0v) is 24.4. The van der Waals surface area contributed by atoms with Gasteiger partial charge in [0.05, 0.1) is 36.4 Å². The molecule has 7 N–H and O–H groups in total. The molecule has 42 heavy (non-hydrogen) atoms. The van der Waals surface area contributed by atoms with Crippen LogP contribution >= 0.6 is 0 Å². The standard InChI is InChI=1S/C26H39N6O9Si/c27-26(42,25(40)41)13-19-1-3-20(4-2-19)14-28-21(33)15-29-5-7-30(16-22(34)35)9-11-32(18-24(38)39)12-10-31(8-6-29)17-23(36)37/h1-4H,5-18,27H2,(H,28,33)(H,34,35)(H,36,37)(H,38,39)(H,40,41)/t26-/m0/s1. The fourth-order valence-electron chi connectivity index (χ4n) is 4.42. The first-order valence-electron chi connectivity index (χ1n) is 13.4. The maximum atomic E-state index is 12.8. The third-order valence-electron chi connectivity index (χ3n) is 6.75. The highest BCUT2D eigenvalue weighted by Crippen LogP contribution is 2.11. The first-order valence-corrected chi connectivity index (χ1v) is 13.9. The van der Waals surface area contributed by atoms with E-state index in [4.69, 9.17) is 10.8 Å². The van der Waals surface area contributed by atoms with Gasteiger partial charge in [-0.3, -0.25) is 43.6 Å². The van der Waals surface area contributed by atoms with Crippen LogP contribution < -0.4 is 11.1 Å². The van der Waals surface area contributed by atoms with Crippen LogP contribution in [-0.2, 0) is 36.9 Å². The van der Waals surface area contributed by atoms with E-state index in [9.17, 15) is 39.3 Å². The molecule has 0 aromatic heterocycles. The molecule has 1 aliphatic rings. The van der Waals surface area contributed by atoms with Crippen molar-refractivity contribution in [2.45, 2.75) is 18.1 Å². The Morgan fingerprint density at radius 2 is 1.00 bits per heavy atom. The van der Waals surface area contributed by atoms with Gasteiger partial charge in [-0.15, -0.1) is 0 Å². The molecule has 1 aromatic rings. The molecule has 1 amide bonds. The van der Waals surface area contributed by atoms with Crippen LogP contribution in [0.25, 0.3) is 0 Å². The van der Waals surface area contributed by atoms with Crippen LogP contribution in [0.2, 0.25) is 0 Å². The number of rotatable bonds is 13. The highest BCUT2D eigenvalue weighted by molar-refractivity contribution is 6.26. The summed E-state index contributed by atoms with van der Waals surface area (Å²) in [6.45, 7) is 1.97. The Bertz CT molecular complexity index is 1060. The van der Waals surface area contributed by atoms with Gasteiger partial charge in [-0.05, 0) is 17.5 Å². The van der Waals surface area contributed by atoms with Crippen molar-refractivity contribution in [1.29, 1.82) is 0 Å². The van der Waals surface area contributed by atoms with Gasteiger partial charge in [-0.25, -0.2) is 0 Å². The van der Waals surface area contributed by atoms with Gasteiger partial charge in [0.1, 0.15) is 5.16 Å². The average Bonchev–Trinajstić information content (AvgIpc) is 2.88. The second kappa shape index (κ2) is 16.9. The number of nitrogens with one attached hydrogen (secondary N) is 1. The van der Waals surface area contributed by atoms with Gasteiger partial charge in [-0.2, -0.15) is 0 Å². The molecule has 0 spiro atoms. The van der Waals surface area contributed by atoms with E-state index >= 15 is 0 Å². The summed E-state index contributed by atoms with van der Waals surface area (Å²) in [6, 6.07) is 6.98. The van der Waals surface area contributed by atoms with Crippen molar-refractivity contribution in [3.05, 3.63) is 35.4 Å². The molecule has 0 aliphatic carbocycles. The molecule has 1 saturated heterocycles. The summed E-state index contributed by atoms with van der Waals surface area (Å²) in [5.41, 5.74) is 7.22. The van der Waals surface area contributed by atoms with Gasteiger partial charge in [0.15, 0.2) is 0 Å². The molecule has 1 heterocycles. The molecule has 2 rings (SSSR count).